The number of nitrogens with one attached hydrogen (secondary N) is 1. The van der Waals surface area contributed by atoms with Crippen molar-refractivity contribution in [3.63, 3.8) is 0 Å². The van der Waals surface area contributed by atoms with Gasteiger partial charge in [0.05, 0.1) is 17.9 Å². The number of hydrogen-bond acceptors (Lipinski definition) is 7. The maximum absolute atomic E-state index is 13.8. The fourth-order valence-electron chi connectivity index (χ4n) is 2.39. The maximum atomic E-state index is 13.8. The molecule has 134 valence electrons. The first kappa shape index (κ1) is 16.7. The minimum absolute atomic E-state index is 0.116. The summed E-state index contributed by atoms with van der Waals surface area (Å²) in [5.74, 6) is -1.24. The minimum atomic E-state index is -0.774. The van der Waals surface area contributed by atoms with E-state index in [4.69, 9.17) is 4.52 Å². The predicted octanol–water partition coefficient (Wildman–Crippen LogP) is 3.48. The van der Waals surface area contributed by atoms with E-state index in [1.54, 1.807) is 18.5 Å². The molecule has 0 atom stereocenters. The monoisotopic (exact) mass is 366 g/mol. The highest BCUT2D eigenvalue weighted by molar-refractivity contribution is 5.55. The van der Waals surface area contributed by atoms with Crippen molar-refractivity contribution in [1.82, 2.24) is 25.1 Å². The van der Waals surface area contributed by atoms with Crippen LogP contribution in [0.2, 0.25) is 0 Å². The van der Waals surface area contributed by atoms with Gasteiger partial charge in [-0.15, -0.1) is 0 Å². The summed E-state index contributed by atoms with van der Waals surface area (Å²) in [5.41, 5.74) is 1.000. The normalized spacial score (nSPS) is 10.7. The van der Waals surface area contributed by atoms with Crippen LogP contribution in [0.15, 0.2) is 59.4 Å². The number of nitrogens with zero attached hydrogens (tertiary/aromatic N) is 5. The Kier molecular flexibility index (Phi) is 4.48. The number of rotatable bonds is 5. The zero-order chi connectivity index (χ0) is 18.6. The van der Waals surface area contributed by atoms with Crippen LogP contribution in [0.1, 0.15) is 5.82 Å². The first-order chi connectivity index (χ1) is 13.2. The van der Waals surface area contributed by atoms with Gasteiger partial charge in [-0.2, -0.15) is 4.98 Å². The first-order valence-corrected chi connectivity index (χ1v) is 7.96. The topological polar surface area (TPSA) is 89.6 Å². The van der Waals surface area contributed by atoms with Gasteiger partial charge in [-0.05, 0) is 30.3 Å². The molecule has 9 heteroatoms. The van der Waals surface area contributed by atoms with Gasteiger partial charge in [-0.1, -0.05) is 17.3 Å². The molecule has 1 aromatic carbocycles. The highest BCUT2D eigenvalue weighted by Gasteiger charge is 2.18. The van der Waals surface area contributed by atoms with Crippen molar-refractivity contribution in [2.75, 3.05) is 5.32 Å². The fraction of sp³-hybridized carbons (Fsp3) is 0.0556. The summed E-state index contributed by atoms with van der Waals surface area (Å²) in [7, 11) is 0. The average Bonchev–Trinajstić information content (AvgIpc) is 3.16. The van der Waals surface area contributed by atoms with Crippen molar-refractivity contribution in [2.24, 2.45) is 0 Å². The summed E-state index contributed by atoms with van der Waals surface area (Å²) in [6, 6.07) is 10.8. The summed E-state index contributed by atoms with van der Waals surface area (Å²) in [6.07, 6.45) is 3.27. The molecule has 4 rings (SSSR count). The van der Waals surface area contributed by atoms with E-state index in [-0.39, 0.29) is 23.8 Å². The number of anilines is 1. The van der Waals surface area contributed by atoms with E-state index < -0.39 is 11.6 Å². The van der Waals surface area contributed by atoms with Crippen LogP contribution in [0.4, 0.5) is 14.7 Å². The molecule has 27 heavy (non-hydrogen) atoms. The Bertz CT molecular complexity index is 1050. The molecular formula is C18H12F2N6O. The zero-order valence-corrected chi connectivity index (χ0v) is 13.8. The van der Waals surface area contributed by atoms with E-state index >= 15 is 0 Å². The Labute approximate surface area is 152 Å². The fourth-order valence-corrected chi connectivity index (χ4v) is 2.39. The van der Waals surface area contributed by atoms with Crippen LogP contribution in [0, 0.1) is 11.6 Å². The van der Waals surface area contributed by atoms with Gasteiger partial charge < -0.3 is 9.84 Å². The highest BCUT2D eigenvalue weighted by Crippen LogP contribution is 2.24. The molecule has 0 radical (unpaired) electrons. The zero-order valence-electron chi connectivity index (χ0n) is 13.8. The number of hydrogen-bond donors (Lipinski definition) is 1. The molecule has 1 N–H and O–H groups in total. The Hall–Kier alpha value is -3.75. The number of pyridine rings is 1. The molecule has 0 saturated heterocycles. The van der Waals surface area contributed by atoms with Gasteiger partial charge in [-0.3, -0.25) is 4.98 Å². The molecule has 0 amide bonds. The highest BCUT2D eigenvalue weighted by atomic mass is 19.1. The lowest BCUT2D eigenvalue weighted by Gasteiger charge is -2.04. The van der Waals surface area contributed by atoms with Crippen molar-refractivity contribution < 1.29 is 13.3 Å². The minimum Gasteiger partial charge on any atom is -0.347 e. The third kappa shape index (κ3) is 3.61. The molecule has 3 heterocycles. The van der Waals surface area contributed by atoms with Gasteiger partial charge in [-0.25, -0.2) is 18.7 Å². The van der Waals surface area contributed by atoms with Crippen molar-refractivity contribution in [2.45, 2.75) is 6.54 Å². The van der Waals surface area contributed by atoms with Crippen LogP contribution in [0.5, 0.6) is 0 Å². The van der Waals surface area contributed by atoms with E-state index in [0.717, 1.165) is 12.1 Å². The van der Waals surface area contributed by atoms with Crippen molar-refractivity contribution in [3.8, 4) is 22.8 Å². The van der Waals surface area contributed by atoms with Gasteiger partial charge in [0.2, 0.25) is 5.95 Å². The van der Waals surface area contributed by atoms with Crippen LogP contribution < -0.4 is 5.32 Å². The molecule has 0 spiro atoms. The van der Waals surface area contributed by atoms with Crippen LogP contribution >= 0.6 is 0 Å². The largest absolute Gasteiger partial charge is 0.347 e. The predicted molar refractivity (Wildman–Crippen MR) is 92.2 cm³/mol. The maximum Gasteiger partial charge on any atom is 0.263 e. The molecule has 0 aliphatic rings. The van der Waals surface area contributed by atoms with Gasteiger partial charge in [0.1, 0.15) is 17.2 Å². The molecule has 4 aromatic rings. The smallest absolute Gasteiger partial charge is 0.263 e. The third-order valence-corrected chi connectivity index (χ3v) is 3.63. The van der Waals surface area contributed by atoms with Crippen LogP contribution in [-0.2, 0) is 6.54 Å². The lowest BCUT2D eigenvalue weighted by Crippen LogP contribution is -2.05. The Morgan fingerprint density at radius 1 is 0.852 bits per heavy atom. The van der Waals surface area contributed by atoms with Crippen molar-refractivity contribution >= 4 is 5.95 Å². The Balaban J connectivity index is 1.50. The van der Waals surface area contributed by atoms with E-state index in [9.17, 15) is 8.78 Å². The second-order valence-corrected chi connectivity index (χ2v) is 5.45. The molecule has 0 saturated carbocycles. The second kappa shape index (κ2) is 7.24. The molecule has 7 nitrogen and oxygen atoms in total. The quantitative estimate of drug-likeness (QED) is 0.578. The molecule has 0 aliphatic carbocycles. The molecule has 0 bridgehead atoms. The van der Waals surface area contributed by atoms with E-state index in [0.29, 0.717) is 17.3 Å². The van der Waals surface area contributed by atoms with Gasteiger partial charge in [0, 0.05) is 12.4 Å². The van der Waals surface area contributed by atoms with E-state index in [2.05, 4.69) is 30.4 Å². The summed E-state index contributed by atoms with van der Waals surface area (Å²) in [4.78, 5) is 16.7. The number of halogens is 2. The lowest BCUT2D eigenvalue weighted by molar-refractivity contribution is 0.418. The molecule has 0 aliphatic heterocycles. The molecule has 3 aromatic heterocycles. The summed E-state index contributed by atoms with van der Waals surface area (Å²) < 4.78 is 32.5. The van der Waals surface area contributed by atoms with E-state index in [1.807, 2.05) is 18.2 Å². The van der Waals surface area contributed by atoms with Crippen LogP contribution in [-0.4, -0.2) is 25.1 Å². The number of aromatic nitrogens is 5. The molecular weight excluding hydrogens is 354 g/mol. The first-order valence-electron chi connectivity index (χ1n) is 7.96. The van der Waals surface area contributed by atoms with Crippen molar-refractivity contribution in [3.05, 3.63) is 72.3 Å². The standard InChI is InChI=1S/C18H12F2N6O/c19-11-4-3-5-12(20)16(11)17-25-15(26-27-17)10-23-18-22-9-7-14(24-18)13-6-1-2-8-21-13/h1-9H,10H2,(H,22,23,24). The Morgan fingerprint density at radius 2 is 1.70 bits per heavy atom. The van der Waals surface area contributed by atoms with Gasteiger partial charge in [0.15, 0.2) is 5.82 Å². The molecule has 0 fully saturated rings. The van der Waals surface area contributed by atoms with E-state index in [1.165, 1.54) is 6.07 Å². The Morgan fingerprint density at radius 3 is 2.48 bits per heavy atom. The summed E-state index contributed by atoms with van der Waals surface area (Å²) >= 11 is 0. The SMILES string of the molecule is Fc1cccc(F)c1-c1nc(CNc2nccc(-c3ccccn3)n2)no1. The number of benzene rings is 1. The van der Waals surface area contributed by atoms with Crippen LogP contribution in [0.3, 0.4) is 0 Å². The van der Waals surface area contributed by atoms with Gasteiger partial charge >= 0.3 is 0 Å². The van der Waals surface area contributed by atoms with Crippen LogP contribution in [0.25, 0.3) is 22.8 Å². The summed E-state index contributed by atoms with van der Waals surface area (Å²) in [5, 5.41) is 6.66. The van der Waals surface area contributed by atoms with Gasteiger partial charge in [0.25, 0.3) is 5.89 Å². The van der Waals surface area contributed by atoms with Crippen molar-refractivity contribution in [1.29, 1.82) is 0 Å². The molecule has 0 unspecified atom stereocenters. The average molecular weight is 366 g/mol. The third-order valence-electron chi connectivity index (χ3n) is 3.63. The lowest BCUT2D eigenvalue weighted by atomic mass is 10.2. The second-order valence-electron chi connectivity index (χ2n) is 5.45. The summed E-state index contributed by atoms with van der Waals surface area (Å²) in [6.45, 7) is 0.116.